The van der Waals surface area contributed by atoms with Gasteiger partial charge in [-0.25, -0.2) is 8.42 Å². The van der Waals surface area contributed by atoms with E-state index >= 15 is 0 Å². The van der Waals surface area contributed by atoms with E-state index in [0.29, 0.717) is 25.2 Å². The molecule has 0 aliphatic carbocycles. The Morgan fingerprint density at radius 1 is 1.27 bits per heavy atom. The van der Waals surface area contributed by atoms with Crippen molar-refractivity contribution in [2.24, 2.45) is 0 Å². The van der Waals surface area contributed by atoms with Gasteiger partial charge < -0.3 is 4.90 Å². The molecule has 0 bridgehead atoms. The molecule has 5 nitrogen and oxygen atoms in total. The van der Waals surface area contributed by atoms with Crippen LogP contribution in [0.4, 0.5) is 0 Å². The molecule has 3 rings (SSSR count). The molecule has 1 unspecified atom stereocenters. The molecule has 1 aliphatic rings. The van der Waals surface area contributed by atoms with Gasteiger partial charge in [-0.05, 0) is 48.6 Å². The number of nitrogens with zero attached hydrogens (tertiary/aromatic N) is 2. The Bertz CT molecular complexity index is 901. The predicted molar refractivity (Wildman–Crippen MR) is 104 cm³/mol. The summed E-state index contributed by atoms with van der Waals surface area (Å²) in [7, 11) is -3.58. The molecule has 2 heterocycles. The topological polar surface area (TPSA) is 57.7 Å². The molecule has 0 saturated heterocycles. The summed E-state index contributed by atoms with van der Waals surface area (Å²) >= 11 is 1.73. The maximum Gasteiger partial charge on any atom is 0.254 e. The van der Waals surface area contributed by atoms with Gasteiger partial charge in [0.2, 0.25) is 10.0 Å². The Labute approximate surface area is 159 Å². The number of rotatable bonds is 5. The first-order valence-corrected chi connectivity index (χ1v) is 11.2. The van der Waals surface area contributed by atoms with Gasteiger partial charge in [-0.15, -0.1) is 11.3 Å². The van der Waals surface area contributed by atoms with Crippen LogP contribution in [0.15, 0.2) is 40.6 Å². The van der Waals surface area contributed by atoms with E-state index in [1.54, 1.807) is 29.5 Å². The van der Waals surface area contributed by atoms with Gasteiger partial charge in [-0.1, -0.05) is 19.9 Å². The monoisotopic (exact) mass is 392 g/mol. The third-order valence-electron chi connectivity index (χ3n) is 4.96. The van der Waals surface area contributed by atoms with Crippen LogP contribution in [0.25, 0.3) is 0 Å². The van der Waals surface area contributed by atoms with Crippen molar-refractivity contribution in [2.45, 2.75) is 38.1 Å². The Kier molecular flexibility index (Phi) is 5.50. The molecule has 2 aromatic rings. The van der Waals surface area contributed by atoms with Crippen molar-refractivity contribution in [3.8, 4) is 0 Å². The van der Waals surface area contributed by atoms with Crippen molar-refractivity contribution in [2.75, 3.05) is 19.6 Å². The molecular formula is C19H24N2O3S2. The number of thiophene rings is 1. The molecule has 1 aromatic carbocycles. The van der Waals surface area contributed by atoms with E-state index in [1.165, 1.54) is 20.8 Å². The van der Waals surface area contributed by atoms with Crippen LogP contribution in [-0.4, -0.2) is 43.2 Å². The molecule has 140 valence electrons. The van der Waals surface area contributed by atoms with Crippen LogP contribution in [0.2, 0.25) is 0 Å². The maximum absolute atomic E-state index is 13.1. The molecule has 1 aromatic heterocycles. The second kappa shape index (κ2) is 7.50. The van der Waals surface area contributed by atoms with E-state index in [1.807, 2.05) is 25.7 Å². The van der Waals surface area contributed by atoms with Crippen molar-refractivity contribution >= 4 is 27.3 Å². The average Bonchev–Trinajstić information content (AvgIpc) is 3.12. The molecule has 1 atom stereocenters. The zero-order chi connectivity index (χ0) is 18.9. The van der Waals surface area contributed by atoms with Crippen LogP contribution in [0.1, 0.15) is 47.6 Å². The summed E-state index contributed by atoms with van der Waals surface area (Å²) in [6.07, 6.45) is 0.848. The molecule has 1 aliphatic heterocycles. The molecule has 0 spiro atoms. The number of hydrogen-bond acceptors (Lipinski definition) is 4. The first-order valence-electron chi connectivity index (χ1n) is 8.87. The van der Waals surface area contributed by atoms with E-state index < -0.39 is 10.0 Å². The third kappa shape index (κ3) is 3.31. The second-order valence-corrected chi connectivity index (χ2v) is 9.28. The molecule has 26 heavy (non-hydrogen) atoms. The summed E-state index contributed by atoms with van der Waals surface area (Å²) in [4.78, 5) is 16.4. The van der Waals surface area contributed by atoms with Crippen LogP contribution in [0, 0.1) is 0 Å². The van der Waals surface area contributed by atoms with E-state index in [-0.39, 0.29) is 16.8 Å². The van der Waals surface area contributed by atoms with Crippen molar-refractivity contribution in [3.63, 3.8) is 0 Å². The highest BCUT2D eigenvalue weighted by Gasteiger charge is 2.30. The summed E-state index contributed by atoms with van der Waals surface area (Å²) in [5.74, 6) is -0.119. The lowest BCUT2D eigenvalue weighted by Gasteiger charge is -2.33. The fourth-order valence-corrected chi connectivity index (χ4v) is 5.92. The van der Waals surface area contributed by atoms with E-state index in [0.717, 1.165) is 6.42 Å². The molecule has 1 amide bonds. The number of hydrogen-bond donors (Lipinski definition) is 0. The lowest BCUT2D eigenvalue weighted by molar-refractivity contribution is 0.0679. The summed E-state index contributed by atoms with van der Waals surface area (Å²) in [6.45, 7) is 7.11. The summed E-state index contributed by atoms with van der Waals surface area (Å²) < 4.78 is 26.9. The zero-order valence-electron chi connectivity index (χ0n) is 15.3. The van der Waals surface area contributed by atoms with Crippen molar-refractivity contribution < 1.29 is 13.2 Å². The molecule has 0 saturated carbocycles. The Morgan fingerprint density at radius 3 is 2.69 bits per heavy atom. The summed E-state index contributed by atoms with van der Waals surface area (Å²) in [5, 5.41) is 2.06. The van der Waals surface area contributed by atoms with Crippen molar-refractivity contribution in [3.05, 3.63) is 51.7 Å². The first kappa shape index (κ1) is 19.1. The minimum Gasteiger partial charge on any atom is -0.331 e. The Morgan fingerprint density at radius 2 is 2.00 bits per heavy atom. The number of amides is 1. The average molecular weight is 393 g/mol. The number of carbonyl (C=O) groups excluding carboxylic acids is 1. The molecule has 0 radical (unpaired) electrons. The normalized spacial score (nSPS) is 17.4. The quantitative estimate of drug-likeness (QED) is 0.782. The van der Waals surface area contributed by atoms with Gasteiger partial charge in [0.05, 0.1) is 10.9 Å². The van der Waals surface area contributed by atoms with E-state index in [4.69, 9.17) is 0 Å². The summed E-state index contributed by atoms with van der Waals surface area (Å²) in [6, 6.07) is 8.48. The SMILES string of the molecule is CCN(CC)S(=O)(=O)c1cccc(C(=O)N2CCc3sccc3C2C)c1. The third-order valence-corrected chi connectivity index (χ3v) is 8.00. The Balaban J connectivity index is 1.90. The molecular weight excluding hydrogens is 368 g/mol. The fraction of sp³-hybridized carbons (Fsp3) is 0.421. The molecule has 0 fully saturated rings. The highest BCUT2D eigenvalue weighted by atomic mass is 32.2. The number of benzene rings is 1. The molecule has 7 heteroatoms. The van der Waals surface area contributed by atoms with Gasteiger partial charge in [0, 0.05) is 30.1 Å². The number of fused-ring (bicyclic) bond motifs is 1. The van der Waals surface area contributed by atoms with Crippen molar-refractivity contribution in [1.29, 1.82) is 0 Å². The van der Waals surface area contributed by atoms with Gasteiger partial charge >= 0.3 is 0 Å². The maximum atomic E-state index is 13.1. The number of sulfonamides is 1. The smallest absolute Gasteiger partial charge is 0.254 e. The van der Waals surface area contributed by atoms with Crippen LogP contribution < -0.4 is 0 Å². The lowest BCUT2D eigenvalue weighted by atomic mass is 10.0. The van der Waals surface area contributed by atoms with Gasteiger partial charge in [-0.3, -0.25) is 4.79 Å². The van der Waals surface area contributed by atoms with Crippen LogP contribution in [-0.2, 0) is 16.4 Å². The van der Waals surface area contributed by atoms with Gasteiger partial charge in [0.15, 0.2) is 0 Å². The van der Waals surface area contributed by atoms with E-state index in [2.05, 4.69) is 11.4 Å². The van der Waals surface area contributed by atoms with Gasteiger partial charge in [0.1, 0.15) is 0 Å². The Hall–Kier alpha value is -1.70. The van der Waals surface area contributed by atoms with Crippen molar-refractivity contribution in [1.82, 2.24) is 9.21 Å². The minimum absolute atomic E-state index is 0.000505. The van der Waals surface area contributed by atoms with Gasteiger partial charge in [-0.2, -0.15) is 4.31 Å². The lowest BCUT2D eigenvalue weighted by Crippen LogP contribution is -2.38. The highest BCUT2D eigenvalue weighted by molar-refractivity contribution is 7.89. The van der Waals surface area contributed by atoms with Gasteiger partial charge in [0.25, 0.3) is 5.91 Å². The second-order valence-electron chi connectivity index (χ2n) is 6.34. The molecule has 0 N–H and O–H groups in total. The zero-order valence-corrected chi connectivity index (χ0v) is 16.9. The standard InChI is InChI=1S/C19H24N2O3S2/c1-4-20(5-2)26(23,24)16-8-6-7-15(13-16)19(22)21-11-9-18-17(14(21)3)10-12-25-18/h6-8,10,12-14H,4-5,9,11H2,1-3H3. The van der Waals surface area contributed by atoms with Crippen LogP contribution in [0.3, 0.4) is 0 Å². The van der Waals surface area contributed by atoms with Crippen LogP contribution in [0.5, 0.6) is 0 Å². The fourth-order valence-electron chi connectivity index (χ4n) is 3.45. The van der Waals surface area contributed by atoms with Crippen LogP contribution >= 0.6 is 11.3 Å². The largest absolute Gasteiger partial charge is 0.331 e. The summed E-state index contributed by atoms with van der Waals surface area (Å²) in [5.41, 5.74) is 1.62. The minimum atomic E-state index is -3.58. The first-order chi connectivity index (χ1) is 12.4. The number of carbonyl (C=O) groups is 1. The van der Waals surface area contributed by atoms with E-state index in [9.17, 15) is 13.2 Å². The predicted octanol–water partition coefficient (Wildman–Crippen LogP) is 3.54. The highest BCUT2D eigenvalue weighted by Crippen LogP contribution is 2.33.